The first kappa shape index (κ1) is 24.2. The van der Waals surface area contributed by atoms with Crippen LogP contribution in [0.4, 0.5) is 0 Å². The summed E-state index contributed by atoms with van der Waals surface area (Å²) in [5.41, 5.74) is 4.45. The largest absolute Gasteiger partial charge is 0.465 e. The summed E-state index contributed by atoms with van der Waals surface area (Å²) in [4.78, 5) is 41.7. The van der Waals surface area contributed by atoms with E-state index in [1.54, 1.807) is 72.8 Å². The van der Waals surface area contributed by atoms with E-state index < -0.39 is 5.97 Å². The minimum absolute atomic E-state index is 0.0169. The Labute approximate surface area is 209 Å². The molecule has 35 heavy (non-hydrogen) atoms. The van der Waals surface area contributed by atoms with E-state index in [0.29, 0.717) is 37.9 Å². The summed E-state index contributed by atoms with van der Waals surface area (Å²) in [5.74, 6) is -0.822. The lowest BCUT2D eigenvalue weighted by Gasteiger charge is -2.13. The minimum Gasteiger partial charge on any atom is -0.465 e. The van der Waals surface area contributed by atoms with Gasteiger partial charge in [-0.25, -0.2) is 15.2 Å². The van der Waals surface area contributed by atoms with Crippen LogP contribution < -0.4 is 11.0 Å². The molecule has 0 aliphatic heterocycles. The molecule has 10 heteroatoms. The second-order valence-electron chi connectivity index (χ2n) is 7.22. The predicted molar refractivity (Wildman–Crippen MR) is 137 cm³/mol. The van der Waals surface area contributed by atoms with Crippen LogP contribution in [0.2, 0.25) is 5.02 Å². The summed E-state index contributed by atoms with van der Waals surface area (Å²) in [6, 6.07) is 20.4. The fourth-order valence-corrected chi connectivity index (χ4v) is 4.12. The number of aromatic nitrogens is 2. The third-order valence-corrected chi connectivity index (χ3v) is 6.09. The number of ether oxygens (including phenoxy) is 1. The lowest BCUT2D eigenvalue weighted by atomic mass is 10.1. The molecule has 0 bridgehead atoms. The highest BCUT2D eigenvalue weighted by atomic mass is 35.5. The van der Waals surface area contributed by atoms with Gasteiger partial charge in [0.1, 0.15) is 0 Å². The van der Waals surface area contributed by atoms with Gasteiger partial charge in [-0.1, -0.05) is 47.6 Å². The number of methoxy groups -OCH3 is 1. The topological polar surface area (TPSA) is 103 Å². The number of hydrogen-bond acceptors (Lipinski definition) is 7. The first-order valence-corrected chi connectivity index (χ1v) is 11.7. The van der Waals surface area contributed by atoms with Crippen LogP contribution in [-0.4, -0.2) is 40.5 Å². The Kier molecular flexibility index (Phi) is 7.59. The third-order valence-electron chi connectivity index (χ3n) is 4.90. The number of thioether (sulfide) groups is 1. The van der Waals surface area contributed by atoms with Crippen molar-refractivity contribution in [1.29, 1.82) is 0 Å². The monoisotopic (exact) mass is 506 g/mol. The maximum atomic E-state index is 13.2. The zero-order valence-electron chi connectivity index (χ0n) is 18.5. The second-order valence-corrected chi connectivity index (χ2v) is 8.60. The van der Waals surface area contributed by atoms with Crippen molar-refractivity contribution in [3.05, 3.63) is 99.3 Å². The van der Waals surface area contributed by atoms with Gasteiger partial charge in [0.05, 0.1) is 41.2 Å². The van der Waals surface area contributed by atoms with Crippen LogP contribution in [0.25, 0.3) is 16.6 Å². The van der Waals surface area contributed by atoms with Gasteiger partial charge in [0, 0.05) is 5.02 Å². The van der Waals surface area contributed by atoms with Crippen LogP contribution in [0.15, 0.2) is 87.8 Å². The van der Waals surface area contributed by atoms with E-state index in [-0.39, 0.29) is 17.2 Å². The molecule has 4 aromatic rings. The van der Waals surface area contributed by atoms with E-state index in [9.17, 15) is 14.4 Å². The van der Waals surface area contributed by atoms with Crippen molar-refractivity contribution in [2.24, 2.45) is 5.10 Å². The molecule has 1 aromatic heterocycles. The first-order chi connectivity index (χ1) is 17.0. The molecular weight excluding hydrogens is 488 g/mol. The molecule has 0 aliphatic rings. The fourth-order valence-electron chi connectivity index (χ4n) is 3.19. The third kappa shape index (κ3) is 5.76. The average Bonchev–Trinajstić information content (AvgIpc) is 2.88. The highest BCUT2D eigenvalue weighted by molar-refractivity contribution is 7.99. The number of para-hydroxylation sites is 1. The number of halogens is 1. The molecule has 176 valence electrons. The minimum atomic E-state index is -0.432. The lowest BCUT2D eigenvalue weighted by Crippen LogP contribution is -2.24. The Bertz CT molecular complexity index is 1470. The normalized spacial score (nSPS) is 11.0. The fraction of sp³-hybridized carbons (Fsp3) is 0.0800. The molecule has 8 nitrogen and oxygen atoms in total. The molecule has 0 radical (unpaired) electrons. The van der Waals surface area contributed by atoms with Crippen LogP contribution in [0, 0.1) is 0 Å². The van der Waals surface area contributed by atoms with Crippen molar-refractivity contribution in [2.75, 3.05) is 12.9 Å². The van der Waals surface area contributed by atoms with Crippen LogP contribution >= 0.6 is 23.4 Å². The molecule has 0 saturated carbocycles. The summed E-state index contributed by atoms with van der Waals surface area (Å²) >= 11 is 7.12. The van der Waals surface area contributed by atoms with Crippen LogP contribution in [0.3, 0.4) is 0 Å². The zero-order chi connectivity index (χ0) is 24.8. The number of amides is 1. The lowest BCUT2D eigenvalue weighted by molar-refractivity contribution is -0.118. The SMILES string of the molecule is COC(=O)c1ccc(C=NNC(=O)CSc2nc3ccccc3c(=O)n2-c2ccc(Cl)cc2)cc1. The number of nitrogens with one attached hydrogen (secondary N) is 1. The van der Waals surface area contributed by atoms with E-state index in [1.165, 1.54) is 17.9 Å². The van der Waals surface area contributed by atoms with Crippen molar-refractivity contribution in [2.45, 2.75) is 5.16 Å². The number of benzene rings is 3. The summed E-state index contributed by atoms with van der Waals surface area (Å²) < 4.78 is 6.12. The summed E-state index contributed by atoms with van der Waals surface area (Å²) in [6.45, 7) is 0. The van der Waals surface area contributed by atoms with Gasteiger partial charge in [-0.05, 0) is 54.1 Å². The van der Waals surface area contributed by atoms with Gasteiger partial charge >= 0.3 is 5.97 Å². The van der Waals surface area contributed by atoms with E-state index in [2.05, 4.69) is 20.2 Å². The maximum Gasteiger partial charge on any atom is 0.337 e. The molecule has 0 atom stereocenters. The molecule has 3 aromatic carbocycles. The summed E-state index contributed by atoms with van der Waals surface area (Å²) in [5, 5.41) is 5.33. The maximum absolute atomic E-state index is 13.2. The Morgan fingerprint density at radius 2 is 1.80 bits per heavy atom. The zero-order valence-corrected chi connectivity index (χ0v) is 20.0. The second kappa shape index (κ2) is 11.0. The number of fused-ring (bicyclic) bond motifs is 1. The van der Waals surface area contributed by atoms with Crippen molar-refractivity contribution in [3.63, 3.8) is 0 Å². The van der Waals surface area contributed by atoms with Crippen molar-refractivity contribution in [1.82, 2.24) is 15.0 Å². The summed E-state index contributed by atoms with van der Waals surface area (Å²) in [6.07, 6.45) is 1.46. The van der Waals surface area contributed by atoms with Crippen molar-refractivity contribution >= 4 is 52.4 Å². The molecule has 0 spiro atoms. The van der Waals surface area contributed by atoms with E-state index in [0.717, 1.165) is 11.8 Å². The Hall–Kier alpha value is -3.95. The van der Waals surface area contributed by atoms with Gasteiger partial charge in [0.2, 0.25) is 0 Å². The highest BCUT2D eigenvalue weighted by Crippen LogP contribution is 2.22. The molecule has 1 heterocycles. The van der Waals surface area contributed by atoms with E-state index >= 15 is 0 Å². The van der Waals surface area contributed by atoms with Crippen LogP contribution in [0.1, 0.15) is 15.9 Å². The molecule has 0 unspecified atom stereocenters. The van der Waals surface area contributed by atoms with Crippen LogP contribution in [-0.2, 0) is 9.53 Å². The average molecular weight is 507 g/mol. The summed E-state index contributed by atoms with van der Waals surface area (Å²) in [7, 11) is 1.31. The molecule has 1 N–H and O–H groups in total. The van der Waals surface area contributed by atoms with Crippen molar-refractivity contribution < 1.29 is 14.3 Å². The van der Waals surface area contributed by atoms with Crippen molar-refractivity contribution in [3.8, 4) is 5.69 Å². The smallest absolute Gasteiger partial charge is 0.337 e. The molecule has 0 saturated heterocycles. The van der Waals surface area contributed by atoms with Crippen LogP contribution in [0.5, 0.6) is 0 Å². The first-order valence-electron chi connectivity index (χ1n) is 10.4. The quantitative estimate of drug-likeness (QED) is 0.133. The molecular formula is C25H19ClN4O4S. The highest BCUT2D eigenvalue weighted by Gasteiger charge is 2.14. The number of rotatable bonds is 7. The number of esters is 1. The Morgan fingerprint density at radius 3 is 2.51 bits per heavy atom. The van der Waals surface area contributed by atoms with Gasteiger partial charge in [-0.15, -0.1) is 0 Å². The van der Waals surface area contributed by atoms with Gasteiger partial charge in [0.25, 0.3) is 11.5 Å². The number of hydrogen-bond donors (Lipinski definition) is 1. The van der Waals surface area contributed by atoms with Gasteiger partial charge in [-0.2, -0.15) is 5.10 Å². The number of carbonyl (C=O) groups is 2. The molecule has 0 aliphatic carbocycles. The van der Waals surface area contributed by atoms with E-state index in [4.69, 9.17) is 11.6 Å². The Morgan fingerprint density at radius 1 is 1.09 bits per heavy atom. The molecule has 0 fully saturated rings. The number of hydrazone groups is 1. The van der Waals surface area contributed by atoms with Gasteiger partial charge in [0.15, 0.2) is 5.16 Å². The Balaban J connectivity index is 1.49. The number of nitrogens with zero attached hydrogens (tertiary/aromatic N) is 3. The predicted octanol–water partition coefficient (Wildman–Crippen LogP) is 4.07. The number of carbonyl (C=O) groups excluding carboxylic acids is 2. The van der Waals surface area contributed by atoms with Gasteiger partial charge in [-0.3, -0.25) is 14.2 Å². The van der Waals surface area contributed by atoms with Gasteiger partial charge < -0.3 is 4.74 Å². The van der Waals surface area contributed by atoms with E-state index in [1.807, 2.05) is 0 Å². The molecule has 1 amide bonds. The molecule has 4 rings (SSSR count). The standard InChI is InChI=1S/C25H19ClN4O4S/c1-34-24(33)17-8-6-16(7-9-17)14-27-29-22(31)15-35-25-28-21-5-3-2-4-20(21)23(32)30(25)19-12-10-18(26)11-13-19/h2-14H,15H2,1H3,(H,29,31).